The number of rotatable bonds is 2. The summed E-state index contributed by atoms with van der Waals surface area (Å²) in [5.41, 5.74) is 1.06. The van der Waals surface area contributed by atoms with Gasteiger partial charge in [-0.15, -0.1) is 0 Å². The van der Waals surface area contributed by atoms with Crippen molar-refractivity contribution in [2.75, 3.05) is 7.05 Å². The van der Waals surface area contributed by atoms with Crippen molar-refractivity contribution in [2.45, 2.75) is 6.54 Å². The van der Waals surface area contributed by atoms with Gasteiger partial charge in [0.05, 0.1) is 0 Å². The molecule has 0 aromatic carbocycles. The lowest BCUT2D eigenvalue weighted by molar-refractivity contribution is -0.0731. The molecule has 0 aliphatic rings. The molecule has 0 spiro atoms. The Morgan fingerprint density at radius 1 is 1.50 bits per heavy atom. The minimum Gasteiger partial charge on any atom is -0.314 e. The molecule has 0 unspecified atom stereocenters. The van der Waals surface area contributed by atoms with Gasteiger partial charge >= 0.3 is 0 Å². The van der Waals surface area contributed by atoms with Crippen LogP contribution in [0.3, 0.4) is 0 Å². The van der Waals surface area contributed by atoms with E-state index in [0.717, 1.165) is 10.6 Å². The second-order valence-corrected chi connectivity index (χ2v) is 2.17. The van der Waals surface area contributed by atoms with Crippen molar-refractivity contribution in [2.24, 2.45) is 0 Å². The first-order valence-corrected chi connectivity index (χ1v) is 3.08. The zero-order valence-corrected chi connectivity index (χ0v) is 5.86. The number of pyridine rings is 1. The van der Waals surface area contributed by atoms with E-state index in [1.807, 2.05) is 12.1 Å². The molecule has 0 saturated carbocycles. The molecule has 0 radical (unpaired) electrons. The first-order chi connectivity index (χ1) is 4.79. The predicted octanol–water partition coefficient (Wildman–Crippen LogP) is 0.903. The van der Waals surface area contributed by atoms with Gasteiger partial charge in [-0.1, -0.05) is 0 Å². The van der Waals surface area contributed by atoms with Gasteiger partial charge in [0.15, 0.2) is 0 Å². The lowest BCUT2D eigenvalue weighted by Gasteiger charge is -2.06. The van der Waals surface area contributed by atoms with Crippen molar-refractivity contribution >= 4 is 0 Å². The van der Waals surface area contributed by atoms with E-state index in [1.165, 1.54) is 0 Å². The second kappa shape index (κ2) is 3.29. The van der Waals surface area contributed by atoms with Crippen molar-refractivity contribution in [1.29, 1.82) is 0 Å². The minimum absolute atomic E-state index is 0.544. The van der Waals surface area contributed by atoms with Crippen molar-refractivity contribution < 1.29 is 5.21 Å². The van der Waals surface area contributed by atoms with E-state index in [4.69, 9.17) is 5.21 Å². The van der Waals surface area contributed by atoms with Crippen LogP contribution in [-0.4, -0.2) is 22.3 Å². The molecular formula is C7H10N2O. The van der Waals surface area contributed by atoms with Crippen LogP contribution in [0, 0.1) is 0 Å². The molecule has 0 fully saturated rings. The molecular weight excluding hydrogens is 128 g/mol. The Hall–Kier alpha value is -0.930. The maximum atomic E-state index is 8.82. The number of nitrogens with zero attached hydrogens (tertiary/aromatic N) is 2. The third-order valence-corrected chi connectivity index (χ3v) is 1.16. The van der Waals surface area contributed by atoms with Gasteiger partial charge in [-0.3, -0.25) is 4.98 Å². The molecule has 10 heavy (non-hydrogen) atoms. The summed E-state index contributed by atoms with van der Waals surface area (Å²) >= 11 is 0. The monoisotopic (exact) mass is 138 g/mol. The fraction of sp³-hybridized carbons (Fsp3) is 0.286. The van der Waals surface area contributed by atoms with Gasteiger partial charge < -0.3 is 5.21 Å². The first-order valence-electron chi connectivity index (χ1n) is 3.08. The smallest absolute Gasteiger partial charge is 0.0486 e. The minimum atomic E-state index is 0.544. The Labute approximate surface area is 59.9 Å². The van der Waals surface area contributed by atoms with Crippen LogP contribution in [0.4, 0.5) is 0 Å². The first kappa shape index (κ1) is 7.18. The number of aromatic nitrogens is 1. The highest BCUT2D eigenvalue weighted by molar-refractivity contribution is 5.08. The van der Waals surface area contributed by atoms with Gasteiger partial charge in [-0.05, 0) is 17.7 Å². The molecule has 1 N–H and O–H groups in total. The topological polar surface area (TPSA) is 36.4 Å². The summed E-state index contributed by atoms with van der Waals surface area (Å²) in [4.78, 5) is 3.85. The third-order valence-electron chi connectivity index (χ3n) is 1.16. The second-order valence-electron chi connectivity index (χ2n) is 2.17. The molecule has 0 bridgehead atoms. The molecule has 0 atom stereocenters. The van der Waals surface area contributed by atoms with E-state index >= 15 is 0 Å². The van der Waals surface area contributed by atoms with Gasteiger partial charge in [-0.2, -0.15) is 5.06 Å². The van der Waals surface area contributed by atoms with Gasteiger partial charge in [0, 0.05) is 26.0 Å². The molecule has 54 valence electrons. The van der Waals surface area contributed by atoms with Crippen molar-refractivity contribution in [3.8, 4) is 0 Å². The van der Waals surface area contributed by atoms with E-state index in [0.29, 0.717) is 6.54 Å². The Morgan fingerprint density at radius 3 is 2.60 bits per heavy atom. The zero-order chi connectivity index (χ0) is 7.40. The number of hydrogen-bond acceptors (Lipinski definition) is 3. The molecule has 0 aliphatic carbocycles. The highest BCUT2D eigenvalue weighted by Gasteiger charge is 1.92. The molecule has 0 aliphatic heterocycles. The van der Waals surface area contributed by atoms with Crippen LogP contribution in [0.5, 0.6) is 0 Å². The summed E-state index contributed by atoms with van der Waals surface area (Å²) in [6.07, 6.45) is 3.41. The normalized spacial score (nSPS) is 10.3. The van der Waals surface area contributed by atoms with Crippen molar-refractivity contribution in [3.05, 3.63) is 30.1 Å². The molecule has 1 rings (SSSR count). The molecule has 1 aromatic heterocycles. The third kappa shape index (κ3) is 2.13. The standard InChI is InChI=1S/C7H10N2O/c1-9(10)6-7-2-4-8-5-3-7/h2-5,10H,6H2,1H3. The van der Waals surface area contributed by atoms with Crippen molar-refractivity contribution in [3.63, 3.8) is 0 Å². The summed E-state index contributed by atoms with van der Waals surface area (Å²) in [5, 5.41) is 9.95. The number of hydroxylamine groups is 2. The van der Waals surface area contributed by atoms with Gasteiger partial charge in [0.25, 0.3) is 0 Å². The van der Waals surface area contributed by atoms with Gasteiger partial charge in [0.1, 0.15) is 0 Å². The average Bonchev–Trinajstić information content (AvgIpc) is 1.88. The Balaban J connectivity index is 2.59. The van der Waals surface area contributed by atoms with Gasteiger partial charge in [-0.25, -0.2) is 0 Å². The van der Waals surface area contributed by atoms with Crippen LogP contribution < -0.4 is 0 Å². The van der Waals surface area contributed by atoms with Crippen LogP contribution in [0.2, 0.25) is 0 Å². The molecule has 1 heterocycles. The molecule has 0 saturated heterocycles. The summed E-state index contributed by atoms with van der Waals surface area (Å²) in [6.45, 7) is 0.544. The van der Waals surface area contributed by atoms with Crippen LogP contribution >= 0.6 is 0 Å². The Bertz CT molecular complexity index is 186. The fourth-order valence-corrected chi connectivity index (χ4v) is 0.752. The van der Waals surface area contributed by atoms with Crippen LogP contribution in [-0.2, 0) is 6.54 Å². The summed E-state index contributed by atoms with van der Waals surface area (Å²) in [6, 6.07) is 3.74. The predicted molar refractivity (Wildman–Crippen MR) is 37.5 cm³/mol. The highest BCUT2D eigenvalue weighted by Crippen LogP contribution is 1.97. The van der Waals surface area contributed by atoms with Gasteiger partial charge in [0.2, 0.25) is 0 Å². The summed E-state index contributed by atoms with van der Waals surface area (Å²) < 4.78 is 0. The quantitative estimate of drug-likeness (QED) is 0.617. The Kier molecular flexibility index (Phi) is 2.36. The fourth-order valence-electron chi connectivity index (χ4n) is 0.752. The lowest BCUT2D eigenvalue weighted by Crippen LogP contribution is -2.11. The maximum Gasteiger partial charge on any atom is 0.0486 e. The molecule has 1 aromatic rings. The summed E-state index contributed by atoms with van der Waals surface area (Å²) in [7, 11) is 1.61. The van der Waals surface area contributed by atoms with Crippen molar-refractivity contribution in [1.82, 2.24) is 10.0 Å². The average molecular weight is 138 g/mol. The van der Waals surface area contributed by atoms with Crippen LogP contribution in [0.25, 0.3) is 0 Å². The van der Waals surface area contributed by atoms with Crippen LogP contribution in [0.15, 0.2) is 24.5 Å². The van der Waals surface area contributed by atoms with E-state index in [2.05, 4.69) is 4.98 Å². The Morgan fingerprint density at radius 2 is 2.10 bits per heavy atom. The molecule has 3 heteroatoms. The number of hydrogen-bond donors (Lipinski definition) is 1. The zero-order valence-electron chi connectivity index (χ0n) is 5.86. The van der Waals surface area contributed by atoms with Crippen LogP contribution in [0.1, 0.15) is 5.56 Å². The molecule has 3 nitrogen and oxygen atoms in total. The van der Waals surface area contributed by atoms with E-state index in [1.54, 1.807) is 19.4 Å². The lowest BCUT2D eigenvalue weighted by atomic mass is 10.3. The van der Waals surface area contributed by atoms with E-state index in [-0.39, 0.29) is 0 Å². The SMILES string of the molecule is CN(O)Cc1ccncc1. The largest absolute Gasteiger partial charge is 0.314 e. The molecule has 0 amide bonds. The maximum absolute atomic E-state index is 8.82. The van der Waals surface area contributed by atoms with E-state index < -0.39 is 0 Å². The summed E-state index contributed by atoms with van der Waals surface area (Å²) in [5.74, 6) is 0. The van der Waals surface area contributed by atoms with E-state index in [9.17, 15) is 0 Å². The highest BCUT2D eigenvalue weighted by atomic mass is 16.5.